The predicted octanol–water partition coefficient (Wildman–Crippen LogP) is 4.95. The van der Waals surface area contributed by atoms with Crippen LogP contribution in [-0.2, 0) is 0 Å². The fraction of sp³-hybridized carbons (Fsp3) is 0.200. The van der Waals surface area contributed by atoms with Crippen molar-refractivity contribution >= 4 is 34.1 Å². The average molecular weight is 403 g/mol. The van der Waals surface area contributed by atoms with Gasteiger partial charge in [-0.2, -0.15) is 8.78 Å². The summed E-state index contributed by atoms with van der Waals surface area (Å²) >= 11 is 0.276. The number of aromatic amines is 1. The molecule has 0 fully saturated rings. The maximum absolute atomic E-state index is 13.4. The van der Waals surface area contributed by atoms with Crippen molar-refractivity contribution in [2.75, 3.05) is 13.1 Å². The van der Waals surface area contributed by atoms with Gasteiger partial charge in [-0.05, 0) is 54.1 Å². The Labute approximate surface area is 163 Å². The number of thioether (sulfide) groups is 1. The largest absolute Gasteiger partial charge is 0.360 e. The molecule has 4 rings (SSSR count). The number of nitrogens with one attached hydrogen (secondary N) is 1. The SMILES string of the molecule is O=C(c1cccnc1SC(F)F)N1CC=C(c2c[nH]c3cc(F)ccc23)CC1. The van der Waals surface area contributed by atoms with E-state index in [9.17, 15) is 18.0 Å². The van der Waals surface area contributed by atoms with Crippen LogP contribution in [0.2, 0.25) is 0 Å². The van der Waals surface area contributed by atoms with Gasteiger partial charge in [0, 0.05) is 41.9 Å². The molecule has 1 aliphatic heterocycles. The zero-order valence-corrected chi connectivity index (χ0v) is 15.5. The Morgan fingerprint density at radius 3 is 2.89 bits per heavy atom. The first-order valence-electron chi connectivity index (χ1n) is 8.68. The van der Waals surface area contributed by atoms with Crippen LogP contribution < -0.4 is 0 Å². The van der Waals surface area contributed by atoms with Crippen molar-refractivity contribution in [2.24, 2.45) is 0 Å². The van der Waals surface area contributed by atoms with Gasteiger partial charge in [-0.15, -0.1) is 0 Å². The van der Waals surface area contributed by atoms with Gasteiger partial charge in [0.25, 0.3) is 11.7 Å². The molecule has 0 aliphatic carbocycles. The fourth-order valence-electron chi connectivity index (χ4n) is 3.36. The molecule has 1 aliphatic rings. The lowest BCUT2D eigenvalue weighted by Gasteiger charge is -2.27. The van der Waals surface area contributed by atoms with E-state index in [1.807, 2.05) is 12.3 Å². The standard InChI is InChI=1S/C20H16F3N3OS/c21-13-3-4-14-16(11-25-17(14)10-13)12-5-8-26(9-6-12)19(27)15-2-1-7-24-18(15)28-20(22)23/h1-5,7,10-11,20,25H,6,8-9H2. The number of aromatic nitrogens is 2. The number of amides is 1. The minimum Gasteiger partial charge on any atom is -0.360 e. The quantitative estimate of drug-likeness (QED) is 0.628. The zero-order chi connectivity index (χ0) is 19.7. The third-order valence-corrected chi connectivity index (χ3v) is 5.42. The Hall–Kier alpha value is -2.74. The number of halogens is 3. The number of hydrogen-bond acceptors (Lipinski definition) is 3. The second-order valence-corrected chi connectivity index (χ2v) is 7.34. The van der Waals surface area contributed by atoms with Crippen molar-refractivity contribution in [1.29, 1.82) is 0 Å². The molecule has 0 bridgehead atoms. The number of nitrogens with zero attached hydrogens (tertiary/aromatic N) is 2. The molecular weight excluding hydrogens is 387 g/mol. The van der Waals surface area contributed by atoms with Crippen molar-refractivity contribution < 1.29 is 18.0 Å². The fourth-order valence-corrected chi connectivity index (χ4v) is 3.94. The van der Waals surface area contributed by atoms with E-state index in [0.717, 1.165) is 22.0 Å². The van der Waals surface area contributed by atoms with E-state index < -0.39 is 5.76 Å². The number of H-pyrrole nitrogens is 1. The van der Waals surface area contributed by atoms with E-state index in [1.165, 1.54) is 24.4 Å². The molecule has 4 nitrogen and oxygen atoms in total. The van der Waals surface area contributed by atoms with Crippen molar-refractivity contribution in [3.63, 3.8) is 0 Å². The molecule has 3 aromatic rings. The van der Waals surface area contributed by atoms with Gasteiger partial charge in [-0.25, -0.2) is 9.37 Å². The first kappa shape index (κ1) is 18.6. The Kier molecular flexibility index (Phi) is 5.13. The van der Waals surface area contributed by atoms with Gasteiger partial charge >= 0.3 is 0 Å². The summed E-state index contributed by atoms with van der Waals surface area (Å²) in [7, 11) is 0. The van der Waals surface area contributed by atoms with Crippen molar-refractivity contribution in [3.05, 3.63) is 65.7 Å². The van der Waals surface area contributed by atoms with Crippen molar-refractivity contribution in [2.45, 2.75) is 17.2 Å². The van der Waals surface area contributed by atoms with Gasteiger partial charge in [0.1, 0.15) is 10.8 Å². The molecular formula is C20H16F3N3OS. The molecule has 1 amide bonds. The van der Waals surface area contributed by atoms with Gasteiger partial charge in [0.15, 0.2) is 0 Å². The summed E-state index contributed by atoms with van der Waals surface area (Å²) in [4.78, 5) is 21.4. The summed E-state index contributed by atoms with van der Waals surface area (Å²) < 4.78 is 38.8. The Morgan fingerprint density at radius 1 is 1.29 bits per heavy atom. The van der Waals surface area contributed by atoms with Crippen molar-refractivity contribution in [1.82, 2.24) is 14.9 Å². The van der Waals surface area contributed by atoms with Crippen LogP contribution in [-0.4, -0.2) is 39.6 Å². The van der Waals surface area contributed by atoms with Crippen LogP contribution in [0.15, 0.2) is 53.8 Å². The van der Waals surface area contributed by atoms with E-state index in [4.69, 9.17) is 0 Å². The van der Waals surface area contributed by atoms with Crippen molar-refractivity contribution in [3.8, 4) is 0 Å². The van der Waals surface area contributed by atoms with Crippen LogP contribution in [0.1, 0.15) is 22.3 Å². The molecule has 0 saturated carbocycles. The molecule has 0 atom stereocenters. The lowest BCUT2D eigenvalue weighted by molar-refractivity contribution is 0.0768. The number of fused-ring (bicyclic) bond motifs is 1. The van der Waals surface area contributed by atoms with Crippen LogP contribution >= 0.6 is 11.8 Å². The number of hydrogen-bond donors (Lipinski definition) is 1. The summed E-state index contributed by atoms with van der Waals surface area (Å²) in [6.07, 6.45) is 5.80. The molecule has 28 heavy (non-hydrogen) atoms. The summed E-state index contributed by atoms with van der Waals surface area (Å²) in [5.74, 6) is -3.25. The summed E-state index contributed by atoms with van der Waals surface area (Å²) in [6, 6.07) is 7.69. The van der Waals surface area contributed by atoms with Crippen LogP contribution in [0.3, 0.4) is 0 Å². The van der Waals surface area contributed by atoms with Gasteiger partial charge in [-0.1, -0.05) is 6.08 Å². The van der Waals surface area contributed by atoms with Crippen LogP contribution in [0, 0.1) is 5.82 Å². The summed E-state index contributed by atoms with van der Waals surface area (Å²) in [6.45, 7) is 0.835. The molecule has 3 heterocycles. The third-order valence-electron chi connectivity index (χ3n) is 4.69. The van der Waals surface area contributed by atoms with Crippen LogP contribution in [0.4, 0.5) is 13.2 Å². The first-order chi connectivity index (χ1) is 13.5. The Bertz CT molecular complexity index is 1060. The average Bonchev–Trinajstić information content (AvgIpc) is 3.10. The van der Waals surface area contributed by atoms with E-state index >= 15 is 0 Å². The van der Waals surface area contributed by atoms with Gasteiger partial charge in [0.2, 0.25) is 0 Å². The molecule has 0 radical (unpaired) electrons. The number of rotatable bonds is 4. The first-order valence-corrected chi connectivity index (χ1v) is 9.56. The second kappa shape index (κ2) is 7.71. The highest BCUT2D eigenvalue weighted by Crippen LogP contribution is 2.31. The number of carbonyl (C=O) groups excluding carboxylic acids is 1. The highest BCUT2D eigenvalue weighted by atomic mass is 32.2. The van der Waals surface area contributed by atoms with Crippen LogP contribution in [0.25, 0.3) is 16.5 Å². The second-order valence-electron chi connectivity index (χ2n) is 6.36. The van der Waals surface area contributed by atoms with E-state index in [0.29, 0.717) is 19.5 Å². The van der Waals surface area contributed by atoms with E-state index in [1.54, 1.807) is 17.0 Å². The molecule has 144 valence electrons. The molecule has 0 spiro atoms. The Morgan fingerprint density at radius 2 is 2.14 bits per heavy atom. The molecule has 0 saturated heterocycles. The minimum absolute atomic E-state index is 0.0379. The highest BCUT2D eigenvalue weighted by Gasteiger charge is 2.24. The zero-order valence-electron chi connectivity index (χ0n) is 14.7. The smallest absolute Gasteiger partial charge is 0.290 e. The predicted molar refractivity (Wildman–Crippen MR) is 103 cm³/mol. The minimum atomic E-state index is -2.64. The van der Waals surface area contributed by atoms with Gasteiger partial charge in [-0.3, -0.25) is 4.79 Å². The summed E-state index contributed by atoms with van der Waals surface area (Å²) in [5, 5.41) is 0.964. The molecule has 1 N–H and O–H groups in total. The van der Waals surface area contributed by atoms with Gasteiger partial charge in [0.05, 0.1) is 5.56 Å². The lowest BCUT2D eigenvalue weighted by atomic mass is 9.98. The molecule has 8 heteroatoms. The van der Waals surface area contributed by atoms with Crippen LogP contribution in [0.5, 0.6) is 0 Å². The number of benzene rings is 1. The number of pyridine rings is 1. The Balaban J connectivity index is 1.55. The molecule has 2 aromatic heterocycles. The molecule has 0 unspecified atom stereocenters. The number of carbonyl (C=O) groups is 1. The maximum Gasteiger partial charge on any atom is 0.290 e. The van der Waals surface area contributed by atoms with E-state index in [-0.39, 0.29) is 34.1 Å². The normalized spacial score (nSPS) is 14.6. The summed E-state index contributed by atoms with van der Waals surface area (Å²) in [5.41, 5.74) is 2.96. The number of alkyl halides is 2. The monoisotopic (exact) mass is 403 g/mol. The lowest BCUT2D eigenvalue weighted by Crippen LogP contribution is -2.35. The highest BCUT2D eigenvalue weighted by molar-refractivity contribution is 7.99. The molecule has 1 aromatic carbocycles. The third kappa shape index (κ3) is 3.64. The topological polar surface area (TPSA) is 49.0 Å². The van der Waals surface area contributed by atoms with Gasteiger partial charge < -0.3 is 9.88 Å². The maximum atomic E-state index is 13.4. The van der Waals surface area contributed by atoms with E-state index in [2.05, 4.69) is 9.97 Å².